The Labute approximate surface area is 191 Å². The molecule has 1 aromatic carbocycles. The van der Waals surface area contributed by atoms with Gasteiger partial charge in [-0.3, -0.25) is 20.0 Å². The molecule has 1 aliphatic heterocycles. The normalized spacial score (nSPS) is 16.0. The molecule has 1 aromatic heterocycles. The van der Waals surface area contributed by atoms with Crippen LogP contribution in [0.25, 0.3) is 0 Å². The van der Waals surface area contributed by atoms with Crippen LogP contribution in [0.2, 0.25) is 0 Å². The Morgan fingerprint density at radius 2 is 2.00 bits per heavy atom. The average molecular weight is 531 g/mol. The van der Waals surface area contributed by atoms with Crippen LogP contribution in [-0.2, 0) is 11.3 Å². The standard InChI is InChI=1S/C19H25N5O3S.HI/c1-20-19(21-13-15-4-6-16(7-5-15)24(25)26)22-14-17(18-3-2-12-28-18)23-8-10-27-11-9-23;/h2-7,12,17H,8-11,13-14H2,1H3,(H2,20,21,22);1H. The zero-order chi connectivity index (χ0) is 19.8. The van der Waals surface area contributed by atoms with Crippen LogP contribution in [0.3, 0.4) is 0 Å². The number of ether oxygens (including phenoxy) is 1. The minimum atomic E-state index is -0.395. The Morgan fingerprint density at radius 3 is 2.59 bits per heavy atom. The van der Waals surface area contributed by atoms with Crippen LogP contribution in [-0.4, -0.2) is 55.7 Å². The zero-order valence-corrected chi connectivity index (χ0v) is 19.4. The van der Waals surface area contributed by atoms with Crippen molar-refractivity contribution in [3.05, 3.63) is 62.3 Å². The number of morpholine rings is 1. The summed E-state index contributed by atoms with van der Waals surface area (Å²) in [5.41, 5.74) is 1.05. The van der Waals surface area contributed by atoms with Crippen molar-refractivity contribution in [1.29, 1.82) is 0 Å². The van der Waals surface area contributed by atoms with Crippen LogP contribution in [0.5, 0.6) is 0 Å². The quantitative estimate of drug-likeness (QED) is 0.188. The lowest BCUT2D eigenvalue weighted by atomic mass is 10.2. The van der Waals surface area contributed by atoms with Gasteiger partial charge in [-0.15, -0.1) is 35.3 Å². The highest BCUT2D eigenvalue weighted by atomic mass is 127. The molecule has 2 aromatic rings. The molecule has 2 N–H and O–H groups in total. The maximum Gasteiger partial charge on any atom is 0.269 e. The van der Waals surface area contributed by atoms with Crippen molar-refractivity contribution in [2.45, 2.75) is 12.6 Å². The van der Waals surface area contributed by atoms with Crippen LogP contribution in [0.4, 0.5) is 5.69 Å². The second-order valence-electron chi connectivity index (χ2n) is 6.41. The fraction of sp³-hybridized carbons (Fsp3) is 0.421. The number of thiophene rings is 1. The molecular formula is C19H26IN5O3S. The molecule has 29 heavy (non-hydrogen) atoms. The first kappa shape index (κ1) is 23.5. The molecule has 10 heteroatoms. The monoisotopic (exact) mass is 531 g/mol. The fourth-order valence-corrected chi connectivity index (χ4v) is 3.98. The predicted molar refractivity (Wildman–Crippen MR) is 126 cm³/mol. The summed E-state index contributed by atoms with van der Waals surface area (Å²) in [7, 11) is 1.74. The topological polar surface area (TPSA) is 92.0 Å². The van der Waals surface area contributed by atoms with E-state index in [1.165, 1.54) is 17.0 Å². The lowest BCUT2D eigenvalue weighted by Gasteiger charge is -2.34. The highest BCUT2D eigenvalue weighted by molar-refractivity contribution is 14.0. The Morgan fingerprint density at radius 1 is 1.28 bits per heavy atom. The number of hydrogen-bond acceptors (Lipinski definition) is 6. The number of non-ortho nitro benzene ring substituents is 1. The van der Waals surface area contributed by atoms with Gasteiger partial charge in [0, 0.05) is 50.2 Å². The Hall–Kier alpha value is -1.76. The molecule has 1 unspecified atom stereocenters. The second-order valence-corrected chi connectivity index (χ2v) is 7.39. The van der Waals surface area contributed by atoms with Crippen molar-refractivity contribution in [2.75, 3.05) is 39.9 Å². The molecule has 0 amide bonds. The Kier molecular flexibility index (Phi) is 9.78. The number of benzene rings is 1. The van der Waals surface area contributed by atoms with Gasteiger partial charge in [0.05, 0.1) is 24.2 Å². The summed E-state index contributed by atoms with van der Waals surface area (Å²) in [6.07, 6.45) is 0. The van der Waals surface area contributed by atoms with Crippen LogP contribution in [0, 0.1) is 10.1 Å². The first-order chi connectivity index (χ1) is 13.7. The van der Waals surface area contributed by atoms with E-state index in [0.29, 0.717) is 12.5 Å². The van der Waals surface area contributed by atoms with E-state index in [1.807, 2.05) is 0 Å². The maximum atomic E-state index is 10.8. The van der Waals surface area contributed by atoms with Gasteiger partial charge in [0.15, 0.2) is 5.96 Å². The number of rotatable bonds is 7. The molecule has 0 spiro atoms. The summed E-state index contributed by atoms with van der Waals surface area (Å²) in [6.45, 7) is 4.63. The second kappa shape index (κ2) is 12.1. The third-order valence-electron chi connectivity index (χ3n) is 4.65. The van der Waals surface area contributed by atoms with E-state index < -0.39 is 4.92 Å². The predicted octanol–water partition coefficient (Wildman–Crippen LogP) is 3.01. The van der Waals surface area contributed by atoms with Crippen molar-refractivity contribution in [1.82, 2.24) is 15.5 Å². The Bertz CT molecular complexity index is 780. The summed E-state index contributed by atoms with van der Waals surface area (Å²) >= 11 is 1.76. The van der Waals surface area contributed by atoms with Crippen LogP contribution < -0.4 is 10.6 Å². The Balaban J connectivity index is 0.00000300. The first-order valence-electron chi connectivity index (χ1n) is 9.20. The summed E-state index contributed by atoms with van der Waals surface area (Å²) in [6, 6.07) is 11.0. The van der Waals surface area contributed by atoms with Gasteiger partial charge in [-0.2, -0.15) is 0 Å². The smallest absolute Gasteiger partial charge is 0.269 e. The van der Waals surface area contributed by atoms with Gasteiger partial charge in [-0.1, -0.05) is 18.2 Å². The van der Waals surface area contributed by atoms with E-state index >= 15 is 0 Å². The van der Waals surface area contributed by atoms with E-state index in [2.05, 4.69) is 38.0 Å². The number of nitro groups is 1. The number of nitrogens with one attached hydrogen (secondary N) is 2. The molecule has 1 saturated heterocycles. The lowest BCUT2D eigenvalue weighted by molar-refractivity contribution is -0.384. The highest BCUT2D eigenvalue weighted by Crippen LogP contribution is 2.25. The number of guanidine groups is 1. The average Bonchev–Trinajstić information content (AvgIpc) is 3.26. The molecule has 1 fully saturated rings. The number of hydrogen-bond donors (Lipinski definition) is 2. The minimum Gasteiger partial charge on any atom is -0.379 e. The summed E-state index contributed by atoms with van der Waals surface area (Å²) in [5, 5.41) is 19.5. The molecule has 158 valence electrons. The van der Waals surface area contributed by atoms with Crippen molar-refractivity contribution < 1.29 is 9.66 Å². The molecule has 2 heterocycles. The minimum absolute atomic E-state index is 0. The third-order valence-corrected chi connectivity index (χ3v) is 5.63. The number of halogens is 1. The lowest BCUT2D eigenvalue weighted by Crippen LogP contribution is -2.46. The van der Waals surface area contributed by atoms with Gasteiger partial charge < -0.3 is 15.4 Å². The molecule has 3 rings (SSSR count). The molecular weight excluding hydrogens is 505 g/mol. The zero-order valence-electron chi connectivity index (χ0n) is 16.2. The molecule has 0 radical (unpaired) electrons. The van der Waals surface area contributed by atoms with Crippen molar-refractivity contribution in [2.24, 2.45) is 4.99 Å². The van der Waals surface area contributed by atoms with E-state index in [4.69, 9.17) is 4.74 Å². The SMILES string of the molecule is CN=C(NCc1ccc([N+](=O)[O-])cc1)NCC(c1cccs1)N1CCOCC1.I. The van der Waals surface area contributed by atoms with Gasteiger partial charge in [-0.05, 0) is 17.0 Å². The summed E-state index contributed by atoms with van der Waals surface area (Å²) in [4.78, 5) is 18.4. The van der Waals surface area contributed by atoms with E-state index in [1.54, 1.807) is 30.5 Å². The van der Waals surface area contributed by atoms with E-state index in [9.17, 15) is 10.1 Å². The summed E-state index contributed by atoms with van der Waals surface area (Å²) in [5.74, 6) is 0.702. The van der Waals surface area contributed by atoms with Gasteiger partial charge in [0.1, 0.15) is 0 Å². The van der Waals surface area contributed by atoms with Gasteiger partial charge in [0.25, 0.3) is 5.69 Å². The number of aliphatic imine (C=N–C) groups is 1. The molecule has 0 bridgehead atoms. The van der Waals surface area contributed by atoms with E-state index in [-0.39, 0.29) is 35.7 Å². The van der Waals surface area contributed by atoms with E-state index in [0.717, 1.165) is 38.4 Å². The highest BCUT2D eigenvalue weighted by Gasteiger charge is 2.23. The molecule has 0 saturated carbocycles. The maximum absolute atomic E-state index is 10.8. The molecule has 1 aliphatic rings. The molecule has 0 aliphatic carbocycles. The number of nitrogens with zero attached hydrogens (tertiary/aromatic N) is 3. The van der Waals surface area contributed by atoms with Gasteiger partial charge >= 0.3 is 0 Å². The van der Waals surface area contributed by atoms with Crippen LogP contribution in [0.15, 0.2) is 46.8 Å². The van der Waals surface area contributed by atoms with Gasteiger partial charge in [-0.25, -0.2) is 0 Å². The molecule has 1 atom stereocenters. The fourth-order valence-electron chi connectivity index (χ4n) is 3.11. The van der Waals surface area contributed by atoms with Crippen molar-refractivity contribution in [3.63, 3.8) is 0 Å². The molecule has 8 nitrogen and oxygen atoms in total. The van der Waals surface area contributed by atoms with Crippen molar-refractivity contribution in [3.8, 4) is 0 Å². The van der Waals surface area contributed by atoms with Crippen molar-refractivity contribution >= 4 is 47.0 Å². The van der Waals surface area contributed by atoms with Gasteiger partial charge in [0.2, 0.25) is 0 Å². The first-order valence-corrected chi connectivity index (χ1v) is 10.1. The third kappa shape index (κ3) is 6.91. The summed E-state index contributed by atoms with van der Waals surface area (Å²) < 4.78 is 5.49. The van der Waals surface area contributed by atoms with Crippen LogP contribution in [0.1, 0.15) is 16.5 Å². The van der Waals surface area contributed by atoms with Crippen LogP contribution >= 0.6 is 35.3 Å². The largest absolute Gasteiger partial charge is 0.379 e. The number of nitro benzene ring substituents is 1.